The lowest BCUT2D eigenvalue weighted by molar-refractivity contribution is -0.385. The number of nitrogens with zero attached hydrogens (tertiary/aromatic N) is 2. The molecule has 5 nitrogen and oxygen atoms in total. The van der Waals surface area contributed by atoms with Crippen molar-refractivity contribution in [2.24, 2.45) is 5.73 Å². The van der Waals surface area contributed by atoms with Gasteiger partial charge in [0.1, 0.15) is 0 Å². The minimum absolute atomic E-state index is 0.0883. The fourth-order valence-corrected chi connectivity index (χ4v) is 1.21. The van der Waals surface area contributed by atoms with Crippen LogP contribution in [0.3, 0.4) is 0 Å². The third-order valence-electron chi connectivity index (χ3n) is 1.96. The molecule has 2 N–H and O–H groups in total. The molecule has 72 valence electrons. The van der Waals surface area contributed by atoms with Crippen molar-refractivity contribution in [3.8, 4) is 6.07 Å². The molecule has 0 spiro atoms. The van der Waals surface area contributed by atoms with E-state index in [0.717, 1.165) is 0 Å². The Morgan fingerprint density at radius 1 is 1.64 bits per heavy atom. The first-order valence-electron chi connectivity index (χ1n) is 3.98. The van der Waals surface area contributed by atoms with Crippen LogP contribution in [0.25, 0.3) is 0 Å². The van der Waals surface area contributed by atoms with E-state index in [9.17, 15) is 10.1 Å². The van der Waals surface area contributed by atoms with Gasteiger partial charge in [0.2, 0.25) is 0 Å². The molecule has 0 heterocycles. The van der Waals surface area contributed by atoms with Crippen molar-refractivity contribution in [2.45, 2.75) is 13.5 Å². The maximum Gasteiger partial charge on any atom is 0.275 e. The molecule has 14 heavy (non-hydrogen) atoms. The summed E-state index contributed by atoms with van der Waals surface area (Å²) in [5, 5.41) is 19.3. The highest BCUT2D eigenvalue weighted by molar-refractivity contribution is 5.51. The average molecular weight is 191 g/mol. The van der Waals surface area contributed by atoms with E-state index in [1.165, 1.54) is 6.07 Å². The first kappa shape index (κ1) is 10.2. The fourth-order valence-electron chi connectivity index (χ4n) is 1.21. The maximum atomic E-state index is 10.6. The van der Waals surface area contributed by atoms with Gasteiger partial charge in [0.15, 0.2) is 0 Å². The second-order valence-electron chi connectivity index (χ2n) is 2.87. The molecule has 1 rings (SSSR count). The zero-order valence-electron chi connectivity index (χ0n) is 7.65. The molecule has 0 unspecified atom stereocenters. The summed E-state index contributed by atoms with van der Waals surface area (Å²) in [6, 6.07) is 4.74. The fraction of sp³-hybridized carbons (Fsp3) is 0.222. The van der Waals surface area contributed by atoms with E-state index in [1.54, 1.807) is 13.0 Å². The maximum absolute atomic E-state index is 10.6. The number of nitrogens with two attached hydrogens (primary N) is 1. The molecule has 1 aromatic rings. The molecule has 0 bridgehead atoms. The van der Waals surface area contributed by atoms with Crippen LogP contribution in [-0.2, 0) is 6.54 Å². The average Bonchev–Trinajstić information content (AvgIpc) is 2.16. The lowest BCUT2D eigenvalue weighted by Crippen LogP contribution is -2.03. The van der Waals surface area contributed by atoms with E-state index in [4.69, 9.17) is 11.0 Å². The minimum atomic E-state index is -0.525. The van der Waals surface area contributed by atoms with Crippen LogP contribution in [0.1, 0.15) is 16.7 Å². The van der Waals surface area contributed by atoms with Crippen LogP contribution >= 0.6 is 0 Å². The Bertz CT molecular complexity index is 421. The monoisotopic (exact) mass is 191 g/mol. The quantitative estimate of drug-likeness (QED) is 0.562. The number of hydrogen-bond donors (Lipinski definition) is 1. The molecular formula is C9H9N3O2. The molecule has 0 saturated carbocycles. The van der Waals surface area contributed by atoms with Crippen LogP contribution < -0.4 is 5.73 Å². The van der Waals surface area contributed by atoms with Crippen LogP contribution in [-0.4, -0.2) is 4.92 Å². The Kier molecular flexibility index (Phi) is 2.79. The van der Waals surface area contributed by atoms with Gasteiger partial charge in [0.05, 0.1) is 16.6 Å². The second kappa shape index (κ2) is 3.85. The third-order valence-corrected chi connectivity index (χ3v) is 1.96. The third kappa shape index (κ3) is 1.70. The van der Waals surface area contributed by atoms with Crippen LogP contribution in [0.2, 0.25) is 0 Å². The number of nitro benzene ring substituents is 1. The van der Waals surface area contributed by atoms with E-state index in [0.29, 0.717) is 16.7 Å². The molecule has 0 aliphatic rings. The Morgan fingerprint density at radius 3 is 2.71 bits per heavy atom. The largest absolute Gasteiger partial charge is 0.326 e. The van der Waals surface area contributed by atoms with Crippen LogP contribution in [0, 0.1) is 28.4 Å². The Morgan fingerprint density at radius 2 is 2.29 bits per heavy atom. The number of rotatable bonds is 2. The summed E-state index contributed by atoms with van der Waals surface area (Å²) in [5.74, 6) is 0. The highest BCUT2D eigenvalue weighted by Gasteiger charge is 2.15. The summed E-state index contributed by atoms with van der Waals surface area (Å²) in [5.41, 5.74) is 6.74. The summed E-state index contributed by atoms with van der Waals surface area (Å²) in [6.07, 6.45) is 0. The molecule has 0 atom stereocenters. The Balaban J connectivity index is 3.42. The SMILES string of the molecule is Cc1cc(CN)c([N+](=O)[O-])cc1C#N. The zero-order chi connectivity index (χ0) is 10.7. The van der Waals surface area contributed by atoms with Crippen LogP contribution in [0.15, 0.2) is 12.1 Å². The smallest absolute Gasteiger partial charge is 0.275 e. The van der Waals surface area contributed by atoms with Crippen molar-refractivity contribution in [2.75, 3.05) is 0 Å². The van der Waals surface area contributed by atoms with Gasteiger partial charge in [-0.1, -0.05) is 0 Å². The van der Waals surface area contributed by atoms with Crippen molar-refractivity contribution in [1.29, 1.82) is 5.26 Å². The molecule has 1 aromatic carbocycles. The standard InChI is InChI=1S/C9H9N3O2/c1-6-2-8(5-11)9(12(13)14)3-7(6)4-10/h2-3H,5,11H2,1H3. The lowest BCUT2D eigenvalue weighted by atomic mass is 10.0. The molecular weight excluding hydrogens is 182 g/mol. The lowest BCUT2D eigenvalue weighted by Gasteiger charge is -2.02. The van der Waals surface area contributed by atoms with E-state index >= 15 is 0 Å². The summed E-state index contributed by atoms with van der Waals surface area (Å²) in [6.45, 7) is 1.82. The van der Waals surface area contributed by atoms with Crippen molar-refractivity contribution in [3.05, 3.63) is 38.9 Å². The van der Waals surface area contributed by atoms with Crippen molar-refractivity contribution < 1.29 is 4.92 Å². The summed E-state index contributed by atoms with van der Waals surface area (Å²) in [7, 11) is 0. The van der Waals surface area contributed by atoms with Gasteiger partial charge in [-0.2, -0.15) is 5.26 Å². The number of nitro groups is 1. The zero-order valence-corrected chi connectivity index (χ0v) is 7.65. The van der Waals surface area contributed by atoms with Crippen LogP contribution in [0.5, 0.6) is 0 Å². The summed E-state index contributed by atoms with van der Waals surface area (Å²) >= 11 is 0. The Hall–Kier alpha value is -1.93. The van der Waals surface area contributed by atoms with Gasteiger partial charge in [0.25, 0.3) is 5.69 Å². The van der Waals surface area contributed by atoms with Crippen molar-refractivity contribution in [1.82, 2.24) is 0 Å². The number of nitriles is 1. The predicted molar refractivity (Wildman–Crippen MR) is 50.4 cm³/mol. The minimum Gasteiger partial charge on any atom is -0.326 e. The molecule has 0 saturated heterocycles. The van der Waals surface area contributed by atoms with Gasteiger partial charge in [-0.3, -0.25) is 10.1 Å². The first-order chi connectivity index (χ1) is 6.60. The van der Waals surface area contributed by atoms with Gasteiger partial charge in [-0.15, -0.1) is 0 Å². The molecule has 0 aromatic heterocycles. The summed E-state index contributed by atoms with van der Waals surface area (Å²) < 4.78 is 0. The molecule has 0 aliphatic heterocycles. The topological polar surface area (TPSA) is 92.9 Å². The van der Waals surface area contributed by atoms with Crippen LogP contribution in [0.4, 0.5) is 5.69 Å². The summed E-state index contributed by atoms with van der Waals surface area (Å²) in [4.78, 5) is 10.1. The van der Waals surface area contributed by atoms with E-state index in [1.807, 2.05) is 6.07 Å². The van der Waals surface area contributed by atoms with Crippen molar-refractivity contribution in [3.63, 3.8) is 0 Å². The number of benzene rings is 1. The first-order valence-corrected chi connectivity index (χ1v) is 3.98. The number of aryl methyl sites for hydroxylation is 1. The van der Waals surface area contributed by atoms with Gasteiger partial charge in [-0.05, 0) is 18.6 Å². The highest BCUT2D eigenvalue weighted by atomic mass is 16.6. The molecule has 0 fully saturated rings. The Labute approximate surface area is 80.9 Å². The second-order valence-corrected chi connectivity index (χ2v) is 2.87. The van der Waals surface area contributed by atoms with Crippen molar-refractivity contribution >= 4 is 5.69 Å². The normalized spacial score (nSPS) is 9.50. The van der Waals surface area contributed by atoms with E-state index in [-0.39, 0.29) is 12.2 Å². The van der Waals surface area contributed by atoms with Gasteiger partial charge in [0, 0.05) is 18.2 Å². The van der Waals surface area contributed by atoms with E-state index in [2.05, 4.69) is 0 Å². The number of hydrogen-bond acceptors (Lipinski definition) is 4. The van der Waals surface area contributed by atoms with E-state index < -0.39 is 4.92 Å². The molecule has 0 amide bonds. The van der Waals surface area contributed by atoms with Gasteiger partial charge < -0.3 is 5.73 Å². The molecule has 5 heteroatoms. The molecule has 0 radical (unpaired) electrons. The van der Waals surface area contributed by atoms with Gasteiger partial charge in [-0.25, -0.2) is 0 Å². The highest BCUT2D eigenvalue weighted by Crippen LogP contribution is 2.22. The predicted octanol–water partition coefficient (Wildman–Crippen LogP) is 1.23. The molecule has 0 aliphatic carbocycles. The van der Waals surface area contributed by atoms with Gasteiger partial charge >= 0.3 is 0 Å².